The number of hydrogen-bond acceptors (Lipinski definition) is 3. The van der Waals surface area contributed by atoms with E-state index in [1.54, 1.807) is 12.1 Å². The number of nitrogens with zero attached hydrogens (tertiary/aromatic N) is 2. The van der Waals surface area contributed by atoms with Crippen molar-refractivity contribution >= 4 is 23.1 Å². The van der Waals surface area contributed by atoms with Gasteiger partial charge in [-0.15, -0.1) is 0 Å². The van der Waals surface area contributed by atoms with Crippen LogP contribution in [0.1, 0.15) is 48.0 Å². The van der Waals surface area contributed by atoms with E-state index in [1.807, 2.05) is 18.2 Å². The number of amidine groups is 1. The molecule has 1 N–H and O–H groups in total. The molecule has 26 heavy (non-hydrogen) atoms. The highest BCUT2D eigenvalue weighted by molar-refractivity contribution is 6.05. The van der Waals surface area contributed by atoms with Crippen molar-refractivity contribution in [2.24, 2.45) is 4.99 Å². The molecule has 0 atom stereocenters. The van der Waals surface area contributed by atoms with Gasteiger partial charge in [0.25, 0.3) is 5.91 Å². The number of aliphatic imine (C=N–C) groups is 1. The number of rotatable bonds is 2. The lowest BCUT2D eigenvalue weighted by atomic mass is 10.0. The maximum atomic E-state index is 13.0. The van der Waals surface area contributed by atoms with E-state index in [-0.39, 0.29) is 11.7 Å². The number of carbonyl (C=O) groups excluding carboxylic acids is 1. The summed E-state index contributed by atoms with van der Waals surface area (Å²) in [5.74, 6) is 0.615. The number of carbonyl (C=O) groups is 1. The van der Waals surface area contributed by atoms with E-state index in [2.05, 4.69) is 10.2 Å². The Bertz CT molecular complexity index is 845. The molecule has 1 saturated heterocycles. The first-order chi connectivity index (χ1) is 12.7. The Morgan fingerprint density at radius 1 is 1.04 bits per heavy atom. The summed E-state index contributed by atoms with van der Waals surface area (Å²) < 4.78 is 13.0. The molecule has 4 nitrogen and oxygen atoms in total. The molecule has 2 aromatic rings. The zero-order valence-corrected chi connectivity index (χ0v) is 14.7. The molecule has 2 aromatic carbocycles. The third-order valence-corrected chi connectivity index (χ3v) is 5.00. The Hall–Kier alpha value is -2.69. The Kier molecular flexibility index (Phi) is 4.69. The molecule has 0 unspecified atom stereocenters. The van der Waals surface area contributed by atoms with Gasteiger partial charge in [-0.25, -0.2) is 9.38 Å². The molecule has 0 aromatic heterocycles. The first-order valence-corrected chi connectivity index (χ1v) is 9.21. The fraction of sp³-hybridized carbons (Fsp3) is 0.333. The summed E-state index contributed by atoms with van der Waals surface area (Å²) in [5, 5.41) is 2.80. The fourth-order valence-electron chi connectivity index (χ4n) is 3.55. The molecule has 0 aliphatic carbocycles. The van der Waals surface area contributed by atoms with E-state index in [1.165, 1.54) is 37.8 Å². The van der Waals surface area contributed by atoms with E-state index in [0.29, 0.717) is 11.3 Å². The molecule has 2 aliphatic heterocycles. The normalized spacial score (nSPS) is 16.7. The zero-order valence-electron chi connectivity index (χ0n) is 14.7. The zero-order chi connectivity index (χ0) is 17.9. The van der Waals surface area contributed by atoms with Gasteiger partial charge >= 0.3 is 0 Å². The number of benzene rings is 2. The Labute approximate surface area is 152 Å². The van der Waals surface area contributed by atoms with Crippen molar-refractivity contribution in [1.29, 1.82) is 0 Å². The summed E-state index contributed by atoms with van der Waals surface area (Å²) in [7, 11) is 0. The lowest BCUT2D eigenvalue weighted by Crippen LogP contribution is -2.34. The van der Waals surface area contributed by atoms with Gasteiger partial charge < -0.3 is 10.2 Å². The summed E-state index contributed by atoms with van der Waals surface area (Å²) in [6.45, 7) is 1.93. The van der Waals surface area contributed by atoms with E-state index in [4.69, 9.17) is 4.99 Å². The van der Waals surface area contributed by atoms with Gasteiger partial charge in [-0.05, 0) is 54.8 Å². The third kappa shape index (κ3) is 3.62. The lowest BCUT2D eigenvalue weighted by Gasteiger charge is -2.32. The van der Waals surface area contributed by atoms with Crippen molar-refractivity contribution < 1.29 is 9.18 Å². The summed E-state index contributed by atoms with van der Waals surface area (Å²) in [6, 6.07) is 11.5. The summed E-state index contributed by atoms with van der Waals surface area (Å²) in [5.41, 5.74) is 3.19. The topological polar surface area (TPSA) is 44.7 Å². The highest BCUT2D eigenvalue weighted by Gasteiger charge is 2.21. The number of anilines is 1. The molecule has 0 saturated carbocycles. The molecule has 134 valence electrons. The summed E-state index contributed by atoms with van der Waals surface area (Å²) in [4.78, 5) is 19.7. The second-order valence-electron chi connectivity index (χ2n) is 6.92. The monoisotopic (exact) mass is 351 g/mol. The Balaban J connectivity index is 1.55. The number of nitrogens with one attached hydrogen (secondary N) is 1. The second kappa shape index (κ2) is 7.28. The summed E-state index contributed by atoms with van der Waals surface area (Å²) in [6.07, 6.45) is 5.95. The molecule has 5 heteroatoms. The molecule has 4 rings (SSSR count). The van der Waals surface area contributed by atoms with Gasteiger partial charge in [0.05, 0.1) is 5.69 Å². The highest BCUT2D eigenvalue weighted by Crippen LogP contribution is 2.30. The van der Waals surface area contributed by atoms with E-state index in [0.717, 1.165) is 36.6 Å². The standard InChI is InChI=1S/C21H22FN3O/c22-17-8-10-18(11-9-17)23-21(26)15-6-7-16-14-25-12-4-2-1-3-5-20(25)24-19(16)13-15/h6-11,13H,1-5,12,14H2,(H,23,26). The Morgan fingerprint density at radius 3 is 2.69 bits per heavy atom. The molecule has 0 bridgehead atoms. The van der Waals surface area contributed by atoms with Gasteiger partial charge in [-0.3, -0.25) is 4.79 Å². The van der Waals surface area contributed by atoms with Crippen molar-refractivity contribution in [3.05, 3.63) is 59.4 Å². The van der Waals surface area contributed by atoms with Crippen LogP contribution in [0.2, 0.25) is 0 Å². The van der Waals surface area contributed by atoms with Crippen LogP contribution < -0.4 is 5.32 Å². The van der Waals surface area contributed by atoms with Crippen molar-refractivity contribution in [2.75, 3.05) is 11.9 Å². The van der Waals surface area contributed by atoms with Gasteiger partial charge in [0.15, 0.2) is 0 Å². The lowest BCUT2D eigenvalue weighted by molar-refractivity contribution is 0.102. The van der Waals surface area contributed by atoms with Crippen LogP contribution >= 0.6 is 0 Å². The summed E-state index contributed by atoms with van der Waals surface area (Å²) >= 11 is 0. The van der Waals surface area contributed by atoms with Gasteiger partial charge in [-0.1, -0.05) is 18.9 Å². The van der Waals surface area contributed by atoms with Crippen LogP contribution in [0.3, 0.4) is 0 Å². The van der Waals surface area contributed by atoms with Crippen LogP contribution in [-0.2, 0) is 6.54 Å². The second-order valence-corrected chi connectivity index (χ2v) is 6.92. The fourth-order valence-corrected chi connectivity index (χ4v) is 3.55. The van der Waals surface area contributed by atoms with Gasteiger partial charge in [-0.2, -0.15) is 0 Å². The highest BCUT2D eigenvalue weighted by atomic mass is 19.1. The first kappa shape index (κ1) is 16.8. The average Bonchev–Trinajstić information content (AvgIpc) is 2.63. The van der Waals surface area contributed by atoms with E-state index in [9.17, 15) is 9.18 Å². The molecular weight excluding hydrogens is 329 g/mol. The molecular formula is C21H22FN3O. The van der Waals surface area contributed by atoms with Gasteiger partial charge in [0.2, 0.25) is 0 Å². The minimum atomic E-state index is -0.323. The largest absolute Gasteiger partial charge is 0.356 e. The van der Waals surface area contributed by atoms with Crippen LogP contribution in [0.4, 0.5) is 15.8 Å². The van der Waals surface area contributed by atoms with Crippen LogP contribution in [0.5, 0.6) is 0 Å². The van der Waals surface area contributed by atoms with Crippen LogP contribution in [0.25, 0.3) is 0 Å². The molecule has 0 radical (unpaired) electrons. The molecule has 2 heterocycles. The Morgan fingerprint density at radius 2 is 1.85 bits per heavy atom. The van der Waals surface area contributed by atoms with Crippen molar-refractivity contribution in [3.63, 3.8) is 0 Å². The number of hydrogen-bond donors (Lipinski definition) is 1. The maximum Gasteiger partial charge on any atom is 0.255 e. The minimum Gasteiger partial charge on any atom is -0.356 e. The number of halogens is 1. The maximum absolute atomic E-state index is 13.0. The predicted molar refractivity (Wildman–Crippen MR) is 101 cm³/mol. The van der Waals surface area contributed by atoms with Gasteiger partial charge in [0, 0.05) is 30.8 Å². The third-order valence-electron chi connectivity index (χ3n) is 5.00. The van der Waals surface area contributed by atoms with Gasteiger partial charge in [0.1, 0.15) is 11.7 Å². The number of fused-ring (bicyclic) bond motifs is 2. The molecule has 2 aliphatic rings. The van der Waals surface area contributed by atoms with Crippen molar-refractivity contribution in [3.8, 4) is 0 Å². The quantitative estimate of drug-likeness (QED) is 0.837. The molecule has 1 amide bonds. The molecule has 0 spiro atoms. The first-order valence-electron chi connectivity index (χ1n) is 9.21. The SMILES string of the molecule is O=C(Nc1ccc(F)cc1)c1ccc2c(c1)N=C1CCCCCCN1C2. The minimum absolute atomic E-state index is 0.209. The van der Waals surface area contributed by atoms with Crippen LogP contribution in [0.15, 0.2) is 47.5 Å². The predicted octanol–water partition coefficient (Wildman–Crippen LogP) is 4.89. The van der Waals surface area contributed by atoms with Crippen molar-refractivity contribution in [1.82, 2.24) is 4.90 Å². The molecule has 1 fully saturated rings. The number of amides is 1. The van der Waals surface area contributed by atoms with Crippen LogP contribution in [0, 0.1) is 5.82 Å². The van der Waals surface area contributed by atoms with E-state index >= 15 is 0 Å². The average molecular weight is 351 g/mol. The van der Waals surface area contributed by atoms with Crippen molar-refractivity contribution in [2.45, 2.75) is 38.6 Å². The smallest absolute Gasteiger partial charge is 0.255 e. The van der Waals surface area contributed by atoms with Crippen LogP contribution in [-0.4, -0.2) is 23.2 Å². The van der Waals surface area contributed by atoms with E-state index < -0.39 is 0 Å².